The van der Waals surface area contributed by atoms with Crippen LogP contribution in [0.1, 0.15) is 18.5 Å². The third-order valence-electron chi connectivity index (χ3n) is 2.01. The first-order valence-corrected chi connectivity index (χ1v) is 4.75. The van der Waals surface area contributed by atoms with Gasteiger partial charge in [0.05, 0.1) is 13.7 Å². The van der Waals surface area contributed by atoms with Crippen LogP contribution >= 0.6 is 12.4 Å². The van der Waals surface area contributed by atoms with Crippen LogP contribution in [0.15, 0.2) is 24.3 Å². The molecule has 4 nitrogen and oxygen atoms in total. The molecule has 2 N–H and O–H groups in total. The van der Waals surface area contributed by atoms with Crippen LogP contribution in [0.5, 0.6) is 5.75 Å². The summed E-state index contributed by atoms with van der Waals surface area (Å²) in [5, 5.41) is 0. The quantitative estimate of drug-likeness (QED) is 0.820. The summed E-state index contributed by atoms with van der Waals surface area (Å²) in [5.41, 5.74) is 6.37. The Balaban J connectivity index is 0.00000225. The number of para-hydroxylation sites is 1. The highest BCUT2D eigenvalue weighted by atomic mass is 35.5. The number of nitrogens with two attached hydrogens (primary N) is 1. The number of hydrogen-bond donors (Lipinski definition) is 1. The molecule has 0 radical (unpaired) electrons. The van der Waals surface area contributed by atoms with Crippen LogP contribution in [-0.2, 0) is 9.53 Å². The van der Waals surface area contributed by atoms with E-state index in [1.807, 2.05) is 13.0 Å². The molecule has 0 aliphatic carbocycles. The summed E-state index contributed by atoms with van der Waals surface area (Å²) in [7, 11) is 1.31. The highest BCUT2D eigenvalue weighted by Crippen LogP contribution is 2.24. The van der Waals surface area contributed by atoms with E-state index < -0.39 is 12.0 Å². The molecule has 0 amide bonds. The van der Waals surface area contributed by atoms with Crippen molar-refractivity contribution in [3.05, 3.63) is 29.8 Å². The molecule has 0 aliphatic rings. The fourth-order valence-corrected chi connectivity index (χ4v) is 1.28. The minimum atomic E-state index is -0.794. The fourth-order valence-electron chi connectivity index (χ4n) is 1.28. The largest absolute Gasteiger partial charge is 0.494 e. The zero-order valence-corrected chi connectivity index (χ0v) is 10.1. The topological polar surface area (TPSA) is 61.5 Å². The van der Waals surface area contributed by atoms with Gasteiger partial charge in [-0.15, -0.1) is 12.4 Å². The lowest BCUT2D eigenvalue weighted by Crippen LogP contribution is -2.23. The first kappa shape index (κ1) is 14.7. The van der Waals surface area contributed by atoms with E-state index in [0.717, 1.165) is 0 Å². The van der Waals surface area contributed by atoms with Gasteiger partial charge < -0.3 is 15.2 Å². The molecule has 90 valence electrons. The van der Waals surface area contributed by atoms with Gasteiger partial charge in [0.25, 0.3) is 0 Å². The van der Waals surface area contributed by atoms with E-state index in [1.54, 1.807) is 18.2 Å². The summed E-state index contributed by atoms with van der Waals surface area (Å²) in [5.74, 6) is 0.153. The first-order valence-electron chi connectivity index (χ1n) is 4.75. The summed E-state index contributed by atoms with van der Waals surface area (Å²) >= 11 is 0. The monoisotopic (exact) mass is 245 g/mol. The summed E-state index contributed by atoms with van der Waals surface area (Å²) in [6.45, 7) is 2.41. The second-order valence-corrected chi connectivity index (χ2v) is 2.97. The Morgan fingerprint density at radius 3 is 2.62 bits per heavy atom. The Hall–Kier alpha value is -1.26. The highest BCUT2D eigenvalue weighted by Gasteiger charge is 2.19. The van der Waals surface area contributed by atoms with E-state index in [9.17, 15) is 4.79 Å². The lowest BCUT2D eigenvalue weighted by Gasteiger charge is -2.14. The van der Waals surface area contributed by atoms with Gasteiger partial charge in [0.2, 0.25) is 0 Å². The average Bonchev–Trinajstić information content (AvgIpc) is 2.28. The molecule has 0 spiro atoms. The van der Waals surface area contributed by atoms with Gasteiger partial charge in [-0.2, -0.15) is 0 Å². The maximum Gasteiger partial charge on any atom is 0.327 e. The van der Waals surface area contributed by atoms with Gasteiger partial charge >= 0.3 is 5.97 Å². The van der Waals surface area contributed by atoms with Crippen molar-refractivity contribution >= 4 is 18.4 Å². The Bertz CT molecular complexity index is 344. The molecule has 1 atom stereocenters. The first-order chi connectivity index (χ1) is 7.20. The molecule has 1 aromatic carbocycles. The van der Waals surface area contributed by atoms with Crippen molar-refractivity contribution in [2.24, 2.45) is 5.73 Å². The van der Waals surface area contributed by atoms with Crippen molar-refractivity contribution in [3.63, 3.8) is 0 Å². The van der Waals surface area contributed by atoms with Gasteiger partial charge in [-0.1, -0.05) is 18.2 Å². The zero-order chi connectivity index (χ0) is 11.3. The molecule has 1 aromatic rings. The molecular formula is C11H16ClNO3. The van der Waals surface area contributed by atoms with Crippen LogP contribution < -0.4 is 10.5 Å². The molecule has 1 unspecified atom stereocenters. The summed E-state index contributed by atoms with van der Waals surface area (Å²) < 4.78 is 9.95. The smallest absolute Gasteiger partial charge is 0.327 e. The number of carbonyl (C=O) groups excluding carboxylic acids is 1. The van der Waals surface area contributed by atoms with Gasteiger partial charge in [-0.25, -0.2) is 0 Å². The number of halogens is 1. The molecule has 0 bridgehead atoms. The highest BCUT2D eigenvalue weighted by molar-refractivity contribution is 5.85. The minimum Gasteiger partial charge on any atom is -0.494 e. The van der Waals surface area contributed by atoms with Crippen molar-refractivity contribution in [3.8, 4) is 5.75 Å². The number of benzene rings is 1. The number of carbonyl (C=O) groups is 1. The molecule has 5 heteroatoms. The Kier molecular flexibility index (Phi) is 6.53. The number of hydrogen-bond acceptors (Lipinski definition) is 4. The molecule has 0 saturated carbocycles. The van der Waals surface area contributed by atoms with Gasteiger partial charge in [0.1, 0.15) is 11.8 Å². The lowest BCUT2D eigenvalue weighted by atomic mass is 10.1. The van der Waals surface area contributed by atoms with Crippen LogP contribution in [0.3, 0.4) is 0 Å². The van der Waals surface area contributed by atoms with Crippen molar-refractivity contribution in [2.45, 2.75) is 13.0 Å². The van der Waals surface area contributed by atoms with Gasteiger partial charge in [0.15, 0.2) is 0 Å². The predicted molar refractivity (Wildman–Crippen MR) is 63.8 cm³/mol. The molecule has 16 heavy (non-hydrogen) atoms. The van der Waals surface area contributed by atoms with Crippen LogP contribution in [-0.4, -0.2) is 19.7 Å². The summed E-state index contributed by atoms with van der Waals surface area (Å²) in [4.78, 5) is 11.3. The molecule has 0 aliphatic heterocycles. The van der Waals surface area contributed by atoms with E-state index in [4.69, 9.17) is 10.5 Å². The number of ether oxygens (including phenoxy) is 2. The molecule has 0 heterocycles. The van der Waals surface area contributed by atoms with Crippen LogP contribution in [0, 0.1) is 0 Å². The summed E-state index contributed by atoms with van der Waals surface area (Å²) in [6.07, 6.45) is 0. The fraction of sp³-hybridized carbons (Fsp3) is 0.364. The van der Waals surface area contributed by atoms with Gasteiger partial charge in [-0.3, -0.25) is 4.79 Å². The maximum absolute atomic E-state index is 11.3. The van der Waals surface area contributed by atoms with E-state index in [2.05, 4.69) is 4.74 Å². The molecule has 1 rings (SSSR count). The maximum atomic E-state index is 11.3. The van der Waals surface area contributed by atoms with E-state index in [1.165, 1.54) is 7.11 Å². The third-order valence-corrected chi connectivity index (χ3v) is 2.01. The molecule has 0 saturated heterocycles. The predicted octanol–water partition coefficient (Wildman–Crippen LogP) is 1.68. The van der Waals surface area contributed by atoms with E-state index in [-0.39, 0.29) is 12.4 Å². The third kappa shape index (κ3) is 3.40. The van der Waals surface area contributed by atoms with Gasteiger partial charge in [-0.05, 0) is 13.0 Å². The second-order valence-electron chi connectivity index (χ2n) is 2.97. The molecular weight excluding hydrogens is 230 g/mol. The number of rotatable bonds is 4. The van der Waals surface area contributed by atoms with Crippen molar-refractivity contribution in [1.29, 1.82) is 0 Å². The van der Waals surface area contributed by atoms with Crippen LogP contribution in [0.2, 0.25) is 0 Å². The summed E-state index contributed by atoms with van der Waals surface area (Å²) in [6, 6.07) is 6.38. The van der Waals surface area contributed by atoms with Crippen molar-refractivity contribution in [2.75, 3.05) is 13.7 Å². The Labute approximate surface area is 101 Å². The second kappa shape index (κ2) is 7.09. The normalized spacial score (nSPS) is 11.2. The number of esters is 1. The standard InChI is InChI=1S/C11H15NO3.ClH/c1-3-15-9-7-5-4-6-8(9)10(12)11(13)14-2;/h4-7,10H,3,12H2,1-2H3;1H. The van der Waals surface area contributed by atoms with Gasteiger partial charge in [0, 0.05) is 5.56 Å². The Morgan fingerprint density at radius 2 is 2.06 bits per heavy atom. The molecule has 0 aromatic heterocycles. The van der Waals surface area contributed by atoms with Crippen molar-refractivity contribution in [1.82, 2.24) is 0 Å². The average molecular weight is 246 g/mol. The van der Waals surface area contributed by atoms with Crippen LogP contribution in [0.25, 0.3) is 0 Å². The zero-order valence-electron chi connectivity index (χ0n) is 9.30. The van der Waals surface area contributed by atoms with E-state index in [0.29, 0.717) is 17.9 Å². The van der Waals surface area contributed by atoms with E-state index >= 15 is 0 Å². The number of methoxy groups -OCH3 is 1. The molecule has 0 fully saturated rings. The SMILES string of the molecule is CCOc1ccccc1C(N)C(=O)OC.Cl. The Morgan fingerprint density at radius 1 is 1.44 bits per heavy atom. The van der Waals surface area contributed by atoms with Crippen molar-refractivity contribution < 1.29 is 14.3 Å². The minimum absolute atomic E-state index is 0. The van der Waals surface area contributed by atoms with Crippen LogP contribution in [0.4, 0.5) is 0 Å². The lowest BCUT2D eigenvalue weighted by molar-refractivity contribution is -0.142.